The van der Waals surface area contributed by atoms with Crippen molar-refractivity contribution in [2.75, 3.05) is 44.2 Å². The molecule has 12 heteroatoms. The van der Waals surface area contributed by atoms with Gasteiger partial charge >= 0.3 is 5.69 Å². The highest BCUT2D eigenvalue weighted by molar-refractivity contribution is 7.91. The predicted octanol–water partition coefficient (Wildman–Crippen LogP) is 4.47. The average Bonchev–Trinajstić information content (AvgIpc) is 3.11. The maximum atomic E-state index is 13.7. The molecule has 37 heavy (non-hydrogen) atoms. The van der Waals surface area contributed by atoms with Crippen molar-refractivity contribution in [3.8, 4) is 0 Å². The lowest BCUT2D eigenvalue weighted by atomic mass is 10.0. The molecule has 3 aromatic rings. The summed E-state index contributed by atoms with van der Waals surface area (Å²) in [4.78, 5) is 18.0. The Morgan fingerprint density at radius 2 is 1.49 bits per heavy atom. The minimum Gasteiger partial charge on any atom is -0.300 e. The molecule has 0 spiro atoms. The molecule has 3 heterocycles. The molecule has 0 radical (unpaired) electrons. The summed E-state index contributed by atoms with van der Waals surface area (Å²) in [5.41, 5.74) is 2.24. The van der Waals surface area contributed by atoms with E-state index in [9.17, 15) is 17.6 Å². The lowest BCUT2D eigenvalue weighted by Gasteiger charge is -2.32. The Balaban J connectivity index is 1.35. The third-order valence-corrected chi connectivity index (χ3v) is 10.1. The second kappa shape index (κ2) is 10.9. The third kappa shape index (κ3) is 5.87. The zero-order valence-electron chi connectivity index (χ0n) is 20.2. The summed E-state index contributed by atoms with van der Waals surface area (Å²) in [5.74, 6) is -0.0631. The number of nitrogens with zero attached hydrogens (tertiary/aromatic N) is 4. The predicted molar refractivity (Wildman–Crippen MR) is 146 cm³/mol. The Morgan fingerprint density at radius 3 is 2.14 bits per heavy atom. The van der Waals surface area contributed by atoms with Gasteiger partial charge < -0.3 is 0 Å². The number of halogens is 4. The fourth-order valence-corrected chi connectivity index (χ4v) is 7.10. The second-order valence-corrected chi connectivity index (χ2v) is 13.3. The number of aromatic nitrogens is 2. The molecule has 0 atom stereocenters. The minimum atomic E-state index is -2.97. The number of hydrogen-bond donors (Lipinski definition) is 0. The van der Waals surface area contributed by atoms with Crippen molar-refractivity contribution in [3.05, 3.63) is 67.3 Å². The molecule has 0 saturated carbocycles. The average molecular weight is 590 g/mol. The van der Waals surface area contributed by atoms with Gasteiger partial charge in [0.05, 0.1) is 32.6 Å². The highest BCUT2D eigenvalue weighted by atomic mass is 35.5. The number of sulfone groups is 1. The molecule has 2 aliphatic rings. The van der Waals surface area contributed by atoms with Gasteiger partial charge in [-0.2, -0.15) is 0 Å². The summed E-state index contributed by atoms with van der Waals surface area (Å²) in [6, 6.07) is 7.95. The number of imidazole rings is 1. The number of fused-ring (bicyclic) bond motifs is 1. The van der Waals surface area contributed by atoms with Crippen LogP contribution in [0.25, 0.3) is 11.0 Å². The maximum absolute atomic E-state index is 13.7. The minimum absolute atomic E-state index is 0.00596. The molecule has 2 aromatic carbocycles. The van der Waals surface area contributed by atoms with Crippen LogP contribution < -0.4 is 5.69 Å². The Bertz CT molecular complexity index is 1470. The number of benzene rings is 2. The Kier molecular flexibility index (Phi) is 7.92. The van der Waals surface area contributed by atoms with Crippen LogP contribution in [0.3, 0.4) is 0 Å². The number of piperidine rings is 1. The zero-order valence-corrected chi connectivity index (χ0v) is 23.3. The van der Waals surface area contributed by atoms with Crippen LogP contribution in [0, 0.1) is 5.82 Å². The Labute approximate surface area is 230 Å². The summed E-state index contributed by atoms with van der Waals surface area (Å²) >= 11 is 18.9. The Hall–Kier alpha value is -1.62. The van der Waals surface area contributed by atoms with Gasteiger partial charge in [-0.15, -0.1) is 0 Å². The van der Waals surface area contributed by atoms with Gasteiger partial charge in [-0.25, -0.2) is 17.6 Å². The van der Waals surface area contributed by atoms with Gasteiger partial charge in [0.1, 0.15) is 5.82 Å². The first-order valence-electron chi connectivity index (χ1n) is 12.3. The van der Waals surface area contributed by atoms with E-state index in [0.717, 1.165) is 42.5 Å². The summed E-state index contributed by atoms with van der Waals surface area (Å²) in [6.07, 6.45) is 1.53. The van der Waals surface area contributed by atoms with Crippen LogP contribution in [0.1, 0.15) is 24.4 Å². The normalized spacial score (nSPS) is 19.6. The van der Waals surface area contributed by atoms with Gasteiger partial charge in [-0.3, -0.25) is 18.9 Å². The van der Waals surface area contributed by atoms with Crippen molar-refractivity contribution in [2.24, 2.45) is 0 Å². The van der Waals surface area contributed by atoms with Crippen molar-refractivity contribution < 1.29 is 12.8 Å². The van der Waals surface area contributed by atoms with E-state index in [-0.39, 0.29) is 29.1 Å². The smallest absolute Gasteiger partial charge is 0.300 e. The zero-order chi connectivity index (χ0) is 26.3. The quantitative estimate of drug-likeness (QED) is 0.425. The van der Waals surface area contributed by atoms with E-state index in [1.165, 1.54) is 12.1 Å². The first kappa shape index (κ1) is 27.0. The molecule has 2 fully saturated rings. The van der Waals surface area contributed by atoms with E-state index < -0.39 is 9.84 Å². The summed E-state index contributed by atoms with van der Waals surface area (Å²) < 4.78 is 40.5. The number of hydrogen-bond acceptors (Lipinski definition) is 5. The lowest BCUT2D eigenvalue weighted by molar-refractivity contribution is 0.179. The van der Waals surface area contributed by atoms with Crippen LogP contribution in [-0.2, 0) is 22.9 Å². The van der Waals surface area contributed by atoms with Gasteiger partial charge in [-0.1, -0.05) is 40.9 Å². The first-order chi connectivity index (χ1) is 17.6. The molecule has 0 amide bonds. The van der Waals surface area contributed by atoms with Crippen molar-refractivity contribution in [2.45, 2.75) is 32.0 Å². The molecule has 200 valence electrons. The maximum Gasteiger partial charge on any atom is 0.329 e. The van der Waals surface area contributed by atoms with Crippen molar-refractivity contribution in [1.29, 1.82) is 0 Å². The van der Waals surface area contributed by atoms with Gasteiger partial charge in [0.25, 0.3) is 0 Å². The molecule has 1 aromatic heterocycles. The topological polar surface area (TPSA) is 67.5 Å². The SMILES string of the molecule is O=c1n(CCN2CCS(=O)(=O)CC2)c2cc(Cl)c(Cl)cc2n1C1CCN(Cc2ccc(F)cc2Cl)CC1. The molecule has 7 nitrogen and oxygen atoms in total. The fraction of sp³-hybridized carbons (Fsp3) is 0.480. The van der Waals surface area contributed by atoms with Crippen LogP contribution in [0.5, 0.6) is 0 Å². The van der Waals surface area contributed by atoms with E-state index in [2.05, 4.69) is 9.80 Å². The van der Waals surface area contributed by atoms with E-state index in [1.54, 1.807) is 22.8 Å². The fourth-order valence-electron chi connectivity index (χ4n) is 5.28. The van der Waals surface area contributed by atoms with E-state index in [4.69, 9.17) is 34.8 Å². The van der Waals surface area contributed by atoms with Crippen molar-refractivity contribution >= 4 is 55.7 Å². The second-order valence-electron chi connectivity index (χ2n) is 9.80. The highest BCUT2D eigenvalue weighted by Crippen LogP contribution is 2.32. The van der Waals surface area contributed by atoms with Crippen LogP contribution in [-0.4, -0.2) is 71.6 Å². The number of rotatable bonds is 6. The lowest BCUT2D eigenvalue weighted by Crippen LogP contribution is -2.42. The molecule has 0 aliphatic carbocycles. The first-order valence-corrected chi connectivity index (χ1v) is 15.3. The van der Waals surface area contributed by atoms with Gasteiger partial charge in [0, 0.05) is 56.9 Å². The molecular weight excluding hydrogens is 562 g/mol. The van der Waals surface area contributed by atoms with Crippen LogP contribution in [0.2, 0.25) is 15.1 Å². The van der Waals surface area contributed by atoms with E-state index in [0.29, 0.717) is 47.8 Å². The molecule has 0 N–H and O–H groups in total. The van der Waals surface area contributed by atoms with Crippen molar-refractivity contribution in [1.82, 2.24) is 18.9 Å². The summed E-state index contributed by atoms with van der Waals surface area (Å²) in [7, 11) is -2.97. The molecule has 5 rings (SSSR count). The van der Waals surface area contributed by atoms with Crippen LogP contribution in [0.4, 0.5) is 4.39 Å². The summed E-state index contributed by atoms with van der Waals surface area (Å²) in [6.45, 7) is 4.10. The van der Waals surface area contributed by atoms with Crippen molar-refractivity contribution in [3.63, 3.8) is 0 Å². The number of likely N-dealkylation sites (tertiary alicyclic amines) is 1. The summed E-state index contributed by atoms with van der Waals surface area (Å²) in [5, 5.41) is 1.19. The highest BCUT2D eigenvalue weighted by Gasteiger charge is 2.27. The Morgan fingerprint density at radius 1 is 0.838 bits per heavy atom. The third-order valence-electron chi connectivity index (χ3n) is 7.41. The largest absolute Gasteiger partial charge is 0.329 e. The van der Waals surface area contributed by atoms with E-state index >= 15 is 0 Å². The standard InChI is InChI=1S/C25H28Cl3FN4O3S/c26-20-13-18(29)2-1-17(20)16-31-5-3-19(4-6-31)33-24-15-22(28)21(27)14-23(24)32(25(33)34)8-7-30-9-11-37(35,36)12-10-30/h1-2,13-15,19H,3-12,16H2. The molecule has 2 saturated heterocycles. The molecule has 2 aliphatic heterocycles. The molecular formula is C25H28Cl3FN4O3S. The van der Waals surface area contributed by atoms with Gasteiger partial charge in [-0.05, 0) is 42.7 Å². The van der Waals surface area contributed by atoms with Gasteiger partial charge in [0.2, 0.25) is 0 Å². The van der Waals surface area contributed by atoms with Crippen LogP contribution in [0.15, 0.2) is 35.1 Å². The monoisotopic (exact) mass is 588 g/mol. The molecule has 0 bridgehead atoms. The van der Waals surface area contributed by atoms with Gasteiger partial charge in [0.15, 0.2) is 9.84 Å². The molecule has 0 unspecified atom stereocenters. The van der Waals surface area contributed by atoms with Crippen LogP contribution >= 0.6 is 34.8 Å². The van der Waals surface area contributed by atoms with E-state index in [1.807, 2.05) is 4.57 Å².